The fourth-order valence-electron chi connectivity index (χ4n) is 5.00. The average Bonchev–Trinajstić information content (AvgIpc) is 3.24. The van der Waals surface area contributed by atoms with Crippen molar-refractivity contribution in [3.63, 3.8) is 0 Å². The van der Waals surface area contributed by atoms with Crippen LogP contribution in [0.5, 0.6) is 11.5 Å². The number of ether oxygens (including phenoxy) is 1. The zero-order valence-corrected chi connectivity index (χ0v) is 29.1. The number of benzene rings is 3. The molecule has 6 rings (SSSR count). The zero-order chi connectivity index (χ0) is 28.9. The number of aromatic nitrogens is 2. The van der Waals surface area contributed by atoms with Crippen LogP contribution in [-0.2, 0) is 35.0 Å². The van der Waals surface area contributed by atoms with Crippen molar-refractivity contribution in [3.8, 4) is 45.1 Å². The van der Waals surface area contributed by atoms with Crippen LogP contribution in [0.25, 0.3) is 33.6 Å². The monoisotopic (exact) mass is 849 g/mol. The van der Waals surface area contributed by atoms with Crippen LogP contribution in [0.15, 0.2) is 85.2 Å². The smallest absolute Gasteiger partial charge is 2.00 e. The molecule has 4 nitrogen and oxygen atoms in total. The molecule has 2 aromatic heterocycles. The standard InChI is InChI=1S/C36H32N2O2Te.Pt/c1-35(2,3)24-14-16-37-30(19-24)23-10-9-11-26(18-23)40-27-21-29(31-20-25(15-17-38-31)36(4,5)6)34-28-12-7-8-13-32(28)41(39)33(34)22-27;/h7-17,19-20,22H,1-6H3;/q-2;+2. The van der Waals surface area contributed by atoms with Gasteiger partial charge in [0, 0.05) is 0 Å². The predicted molar refractivity (Wildman–Crippen MR) is 166 cm³/mol. The van der Waals surface area contributed by atoms with E-state index in [9.17, 15) is 3.10 Å². The molecule has 0 atom stereocenters. The number of fused-ring (bicyclic) bond motifs is 3. The van der Waals surface area contributed by atoms with Gasteiger partial charge in [-0.25, -0.2) is 0 Å². The minimum absolute atomic E-state index is 0. The first-order valence-corrected chi connectivity index (χ1v) is 17.0. The molecule has 0 radical (unpaired) electrons. The van der Waals surface area contributed by atoms with E-state index in [4.69, 9.17) is 9.72 Å². The van der Waals surface area contributed by atoms with Crippen molar-refractivity contribution in [2.75, 3.05) is 0 Å². The molecule has 0 saturated heterocycles. The number of hydrogen-bond acceptors (Lipinski definition) is 4. The molecule has 5 aromatic rings. The summed E-state index contributed by atoms with van der Waals surface area (Å²) in [5.41, 5.74) is 7.61. The van der Waals surface area contributed by atoms with Crippen molar-refractivity contribution >= 4 is 26.8 Å². The van der Waals surface area contributed by atoms with Crippen molar-refractivity contribution in [2.24, 2.45) is 0 Å². The zero-order valence-electron chi connectivity index (χ0n) is 24.5. The van der Waals surface area contributed by atoms with Crippen LogP contribution in [0.3, 0.4) is 0 Å². The quantitative estimate of drug-likeness (QED) is 0.138. The fraction of sp³-hybridized carbons (Fsp3) is 0.222. The maximum Gasteiger partial charge on any atom is 2.00 e. The molecule has 1 aliphatic rings. The first kappa shape index (κ1) is 30.5. The summed E-state index contributed by atoms with van der Waals surface area (Å²) >= 11 is -3.03. The van der Waals surface area contributed by atoms with Crippen LogP contribution < -0.4 is 12.0 Å². The van der Waals surface area contributed by atoms with E-state index in [0.717, 1.165) is 40.9 Å². The van der Waals surface area contributed by atoms with Crippen LogP contribution in [0, 0.1) is 12.1 Å². The topological polar surface area (TPSA) is 52.1 Å². The van der Waals surface area contributed by atoms with E-state index in [-0.39, 0.29) is 31.9 Å². The fourth-order valence-corrected chi connectivity index (χ4v) is 9.06. The normalized spacial score (nSPS) is 12.8. The van der Waals surface area contributed by atoms with Gasteiger partial charge in [-0.15, -0.1) is 0 Å². The summed E-state index contributed by atoms with van der Waals surface area (Å²) in [5, 5.41) is 0. The Morgan fingerprint density at radius 3 is 2.02 bits per heavy atom. The van der Waals surface area contributed by atoms with Gasteiger partial charge in [0.2, 0.25) is 0 Å². The molecule has 0 saturated carbocycles. The molecule has 0 aliphatic carbocycles. The molecule has 0 unspecified atom stereocenters. The van der Waals surface area contributed by atoms with Gasteiger partial charge in [-0.05, 0) is 0 Å². The first-order chi connectivity index (χ1) is 19.5. The third-order valence-electron chi connectivity index (χ3n) is 7.33. The third-order valence-corrected chi connectivity index (χ3v) is 11.6. The number of hydrogen-bond donors (Lipinski definition) is 0. The van der Waals surface area contributed by atoms with Gasteiger partial charge in [-0.3, -0.25) is 0 Å². The molecule has 3 aromatic carbocycles. The van der Waals surface area contributed by atoms with Gasteiger partial charge < -0.3 is 0 Å². The van der Waals surface area contributed by atoms with Gasteiger partial charge in [0.15, 0.2) is 0 Å². The van der Waals surface area contributed by atoms with Gasteiger partial charge in [-0.1, -0.05) is 0 Å². The van der Waals surface area contributed by atoms with Crippen LogP contribution in [0.1, 0.15) is 52.7 Å². The Hall–Kier alpha value is -2.96. The molecule has 0 N–H and O–H groups in total. The second-order valence-corrected chi connectivity index (χ2v) is 16.4. The van der Waals surface area contributed by atoms with E-state index in [0.29, 0.717) is 11.5 Å². The molecule has 214 valence electrons. The average molecular weight is 847 g/mol. The van der Waals surface area contributed by atoms with Crippen LogP contribution in [0.4, 0.5) is 0 Å². The van der Waals surface area contributed by atoms with E-state index < -0.39 is 19.5 Å². The van der Waals surface area contributed by atoms with E-state index in [1.807, 2.05) is 67.0 Å². The molecule has 0 spiro atoms. The second kappa shape index (κ2) is 11.6. The summed E-state index contributed by atoms with van der Waals surface area (Å²) in [7, 11) is 0. The Bertz CT molecular complexity index is 1820. The Morgan fingerprint density at radius 1 is 0.690 bits per heavy atom. The van der Waals surface area contributed by atoms with Crippen molar-refractivity contribution in [1.82, 2.24) is 9.97 Å². The first-order valence-electron chi connectivity index (χ1n) is 13.7. The molecular formula is C36H32N2O2PtTe. The number of rotatable bonds is 4. The maximum atomic E-state index is 13.8. The van der Waals surface area contributed by atoms with Gasteiger partial charge in [0.05, 0.1) is 0 Å². The van der Waals surface area contributed by atoms with E-state index in [2.05, 4.69) is 76.9 Å². The van der Waals surface area contributed by atoms with Crippen LogP contribution in [0.2, 0.25) is 0 Å². The van der Waals surface area contributed by atoms with Gasteiger partial charge in [0.1, 0.15) is 0 Å². The molecule has 0 amide bonds. The Morgan fingerprint density at radius 2 is 1.33 bits per heavy atom. The predicted octanol–water partition coefficient (Wildman–Crippen LogP) is 7.31. The van der Waals surface area contributed by atoms with Crippen LogP contribution in [-0.4, -0.2) is 29.5 Å². The SMILES string of the molecule is CC(C)(C)c1ccnc(-c2[c-]c(Oc3[c-]c(-c4cc(C(C)(C)C)ccn4)c4c(c3)[Te](=O)c3ccccc3-4)ccc2)c1.[Pt+2]. The van der Waals surface area contributed by atoms with E-state index >= 15 is 0 Å². The van der Waals surface area contributed by atoms with Crippen molar-refractivity contribution in [1.29, 1.82) is 0 Å². The summed E-state index contributed by atoms with van der Waals surface area (Å²) in [5.74, 6) is 1.05. The van der Waals surface area contributed by atoms with E-state index in [1.54, 1.807) is 0 Å². The molecule has 3 heterocycles. The maximum absolute atomic E-state index is 13.8. The molecule has 0 fully saturated rings. The largest absolute Gasteiger partial charge is 2.00 e. The summed E-state index contributed by atoms with van der Waals surface area (Å²) in [6.45, 7) is 13.1. The Balaban J connectivity index is 0.00000353. The molecule has 6 heteroatoms. The van der Waals surface area contributed by atoms with Crippen LogP contribution >= 0.6 is 0 Å². The minimum Gasteiger partial charge on any atom is 2.00 e. The Labute approximate surface area is 269 Å². The molecule has 1 aliphatic heterocycles. The van der Waals surface area contributed by atoms with Gasteiger partial charge >= 0.3 is 272 Å². The van der Waals surface area contributed by atoms with Gasteiger partial charge in [-0.2, -0.15) is 0 Å². The summed E-state index contributed by atoms with van der Waals surface area (Å²) in [6, 6.07) is 30.9. The minimum atomic E-state index is -3.03. The summed E-state index contributed by atoms with van der Waals surface area (Å²) in [4.78, 5) is 9.34. The third kappa shape index (κ3) is 5.93. The van der Waals surface area contributed by atoms with E-state index in [1.165, 1.54) is 11.1 Å². The Kier molecular flexibility index (Phi) is 8.43. The number of nitrogens with zero attached hydrogens (tertiary/aromatic N) is 2. The van der Waals surface area contributed by atoms with Crippen molar-refractivity contribution < 1.29 is 28.9 Å². The summed E-state index contributed by atoms with van der Waals surface area (Å²) < 4.78 is 22.0. The molecular weight excluding hydrogens is 815 g/mol. The van der Waals surface area contributed by atoms with Crippen molar-refractivity contribution in [2.45, 2.75) is 52.4 Å². The second-order valence-electron chi connectivity index (χ2n) is 12.4. The van der Waals surface area contributed by atoms with Crippen molar-refractivity contribution in [3.05, 3.63) is 108 Å². The number of pyridine rings is 2. The summed E-state index contributed by atoms with van der Waals surface area (Å²) in [6.07, 6.45) is 3.68. The molecule has 0 bridgehead atoms. The molecule has 42 heavy (non-hydrogen) atoms. The van der Waals surface area contributed by atoms with Gasteiger partial charge in [0.25, 0.3) is 0 Å².